The van der Waals surface area contributed by atoms with Crippen LogP contribution in [0.3, 0.4) is 0 Å². The van der Waals surface area contributed by atoms with Crippen molar-refractivity contribution in [3.8, 4) is 5.75 Å². The Hall–Kier alpha value is -5.40. The molecule has 0 spiro atoms. The fourth-order valence-corrected chi connectivity index (χ4v) is 5.74. The molecule has 2 heterocycles. The molecule has 258 valence electrons. The first kappa shape index (κ1) is 34.9. The zero-order valence-corrected chi connectivity index (χ0v) is 28.3. The number of carbonyl (C=O) groups excluding carboxylic acids is 3. The Labute approximate surface area is 285 Å². The molecule has 49 heavy (non-hydrogen) atoms. The number of rotatable bonds is 10. The summed E-state index contributed by atoms with van der Waals surface area (Å²) in [6.45, 7) is 8.41. The number of anilines is 4. The van der Waals surface area contributed by atoms with Crippen molar-refractivity contribution in [2.75, 3.05) is 48.4 Å². The number of urea groups is 1. The number of nitrogens with one attached hydrogen (secondary N) is 3. The van der Waals surface area contributed by atoms with Gasteiger partial charge in [0.1, 0.15) is 17.5 Å². The molecule has 0 saturated carbocycles. The number of hydrogen-bond acceptors (Lipinski definition) is 9. The number of amides is 4. The molecule has 3 aromatic carbocycles. The lowest BCUT2D eigenvalue weighted by atomic mass is 9.98. The number of aliphatic hydroxyl groups excluding tert-OH is 1. The molecule has 1 aliphatic heterocycles. The number of likely N-dealkylation sites (N-methyl/N-ethyl adjacent to an activating group) is 1. The molecule has 13 nitrogen and oxygen atoms in total. The number of hydrogen-bond donors (Lipinski definition) is 5. The highest BCUT2D eigenvalue weighted by atomic mass is 16.5. The van der Waals surface area contributed by atoms with Crippen molar-refractivity contribution in [3.63, 3.8) is 0 Å². The van der Waals surface area contributed by atoms with Crippen LogP contribution < -0.4 is 26.4 Å². The zero-order valence-electron chi connectivity index (χ0n) is 28.3. The van der Waals surface area contributed by atoms with Crippen LogP contribution in [0, 0.1) is 19.8 Å². The summed E-state index contributed by atoms with van der Waals surface area (Å²) in [5.41, 5.74) is 10.1. The van der Waals surface area contributed by atoms with Crippen LogP contribution in [0.2, 0.25) is 0 Å². The monoisotopic (exact) mass is 669 g/mol. The van der Waals surface area contributed by atoms with Gasteiger partial charge in [0.15, 0.2) is 11.5 Å². The Morgan fingerprint density at radius 1 is 1.04 bits per heavy atom. The van der Waals surface area contributed by atoms with E-state index >= 15 is 0 Å². The minimum atomic E-state index is -0.549. The van der Waals surface area contributed by atoms with Gasteiger partial charge >= 0.3 is 6.03 Å². The first-order valence-electron chi connectivity index (χ1n) is 16.1. The van der Waals surface area contributed by atoms with Crippen molar-refractivity contribution in [2.24, 2.45) is 5.92 Å². The molecule has 6 N–H and O–H groups in total. The highest BCUT2D eigenvalue weighted by Gasteiger charge is 2.34. The summed E-state index contributed by atoms with van der Waals surface area (Å²) in [5.74, 6) is 0.00623. The summed E-state index contributed by atoms with van der Waals surface area (Å²) >= 11 is 0. The van der Waals surface area contributed by atoms with Gasteiger partial charge in [0.05, 0.1) is 35.3 Å². The van der Waals surface area contributed by atoms with Crippen molar-refractivity contribution in [1.29, 1.82) is 0 Å². The molecule has 0 unspecified atom stereocenters. The van der Waals surface area contributed by atoms with Gasteiger partial charge in [-0.15, -0.1) is 0 Å². The van der Waals surface area contributed by atoms with Gasteiger partial charge in [-0.25, -0.2) is 4.79 Å². The van der Waals surface area contributed by atoms with E-state index in [-0.39, 0.29) is 35.7 Å². The standard InChI is InChI=1S/C36H43N7O6/c1-21-17-43(22(2)20-44)35(46)27-9-8-12-30(39-36(47)40-32-23(3)41-49-24(32)4)33(27)48-31(21)19-42(5)18-25-13-15-26(16-14-25)34(45)38-29-11-7-6-10-28(29)37/h6-16,21-22,31,44H,17-20,37H2,1-5H3,(H,38,45)(H2,39,40,47)/t21-,22+,31-/m0/s1. The van der Waals surface area contributed by atoms with Crippen molar-refractivity contribution in [3.05, 3.63) is 94.9 Å². The predicted molar refractivity (Wildman–Crippen MR) is 188 cm³/mol. The van der Waals surface area contributed by atoms with Crippen molar-refractivity contribution in [1.82, 2.24) is 15.0 Å². The number of carbonyl (C=O) groups is 3. The van der Waals surface area contributed by atoms with E-state index in [4.69, 9.17) is 15.0 Å². The first-order chi connectivity index (χ1) is 23.4. The Morgan fingerprint density at radius 3 is 2.43 bits per heavy atom. The van der Waals surface area contributed by atoms with E-state index in [9.17, 15) is 19.5 Å². The number of nitrogens with two attached hydrogens (primary N) is 1. The normalized spacial score (nSPS) is 16.6. The SMILES string of the molecule is Cc1noc(C)c1NC(=O)Nc1cccc2c1O[C@@H](CN(C)Cc1ccc(C(=O)Nc3ccccc3N)cc1)[C@@H](C)CN([C@H](C)CO)C2=O. The number of ether oxygens (including phenoxy) is 1. The van der Waals surface area contributed by atoms with Gasteiger partial charge in [0.2, 0.25) is 0 Å². The van der Waals surface area contributed by atoms with Crippen molar-refractivity contribution in [2.45, 2.75) is 46.4 Å². The van der Waals surface area contributed by atoms with Crippen LogP contribution in [0.5, 0.6) is 5.75 Å². The van der Waals surface area contributed by atoms with Gasteiger partial charge in [0, 0.05) is 31.1 Å². The lowest BCUT2D eigenvalue weighted by molar-refractivity contribution is 0.0343. The van der Waals surface area contributed by atoms with Gasteiger partial charge < -0.3 is 41.0 Å². The Bertz CT molecular complexity index is 1790. The van der Waals surface area contributed by atoms with Gasteiger partial charge in [-0.3, -0.25) is 14.5 Å². The molecule has 4 aromatic rings. The van der Waals surface area contributed by atoms with Gasteiger partial charge in [-0.05, 0) is 69.8 Å². The Kier molecular flexibility index (Phi) is 10.8. The Balaban J connectivity index is 1.34. The summed E-state index contributed by atoms with van der Waals surface area (Å²) in [6, 6.07) is 18.5. The highest BCUT2D eigenvalue weighted by Crippen LogP contribution is 2.35. The average molecular weight is 670 g/mol. The predicted octanol–water partition coefficient (Wildman–Crippen LogP) is 5.12. The smallest absolute Gasteiger partial charge is 0.323 e. The molecule has 0 bridgehead atoms. The molecule has 1 aliphatic rings. The molecule has 0 saturated heterocycles. The van der Waals surface area contributed by atoms with Crippen LogP contribution in [0.25, 0.3) is 0 Å². The van der Waals surface area contributed by atoms with Crippen LogP contribution in [0.15, 0.2) is 71.3 Å². The van der Waals surface area contributed by atoms with E-state index < -0.39 is 18.2 Å². The number of aliphatic hydroxyl groups is 1. The minimum Gasteiger partial charge on any atom is -0.486 e. The third-order valence-corrected chi connectivity index (χ3v) is 8.58. The summed E-state index contributed by atoms with van der Waals surface area (Å²) in [5, 5.41) is 22.3. The van der Waals surface area contributed by atoms with Gasteiger partial charge in [0.25, 0.3) is 11.8 Å². The summed E-state index contributed by atoms with van der Waals surface area (Å²) in [7, 11) is 1.97. The fourth-order valence-electron chi connectivity index (χ4n) is 5.74. The van der Waals surface area contributed by atoms with Crippen LogP contribution in [0.1, 0.15) is 51.6 Å². The zero-order chi connectivity index (χ0) is 35.2. The minimum absolute atomic E-state index is 0.144. The van der Waals surface area contributed by atoms with E-state index in [1.165, 1.54) is 0 Å². The molecule has 0 aliphatic carbocycles. The molecule has 4 amide bonds. The maximum atomic E-state index is 13.8. The van der Waals surface area contributed by atoms with Gasteiger partial charge in [-0.1, -0.05) is 42.4 Å². The second-order valence-electron chi connectivity index (χ2n) is 12.5. The summed E-state index contributed by atoms with van der Waals surface area (Å²) in [4.78, 5) is 43.5. The molecule has 5 rings (SSSR count). The van der Waals surface area contributed by atoms with E-state index in [1.54, 1.807) is 74.2 Å². The van der Waals surface area contributed by atoms with E-state index in [0.717, 1.165) is 5.56 Å². The molecule has 1 aromatic heterocycles. The quantitative estimate of drug-likeness (QED) is 0.144. The maximum Gasteiger partial charge on any atom is 0.323 e. The van der Waals surface area contributed by atoms with E-state index in [0.29, 0.717) is 59.4 Å². The van der Waals surface area contributed by atoms with Crippen LogP contribution in [0.4, 0.5) is 27.5 Å². The molecule has 13 heteroatoms. The lowest BCUT2D eigenvalue weighted by Crippen LogP contribution is -2.49. The number of benzene rings is 3. The van der Waals surface area contributed by atoms with E-state index in [1.807, 2.05) is 32.2 Å². The topological polar surface area (TPSA) is 175 Å². The number of nitrogen functional groups attached to an aromatic ring is 1. The number of fused-ring (bicyclic) bond motifs is 1. The third kappa shape index (κ3) is 8.19. The van der Waals surface area contributed by atoms with Crippen LogP contribution >= 0.6 is 0 Å². The maximum absolute atomic E-state index is 13.8. The van der Waals surface area contributed by atoms with Crippen LogP contribution in [-0.4, -0.2) is 76.8 Å². The molecule has 0 fully saturated rings. The van der Waals surface area contributed by atoms with Crippen molar-refractivity contribution < 1.29 is 28.8 Å². The molecule has 3 atom stereocenters. The average Bonchev–Trinajstić information content (AvgIpc) is 3.39. The van der Waals surface area contributed by atoms with Crippen molar-refractivity contribution >= 4 is 40.6 Å². The first-order valence-corrected chi connectivity index (χ1v) is 16.1. The summed E-state index contributed by atoms with van der Waals surface area (Å²) in [6.07, 6.45) is -0.403. The highest BCUT2D eigenvalue weighted by molar-refractivity contribution is 6.06. The Morgan fingerprint density at radius 2 is 1.76 bits per heavy atom. The van der Waals surface area contributed by atoms with Gasteiger partial charge in [-0.2, -0.15) is 0 Å². The molecule has 0 radical (unpaired) electrons. The number of nitrogens with zero attached hydrogens (tertiary/aromatic N) is 3. The number of aromatic nitrogens is 1. The number of aryl methyl sites for hydroxylation is 2. The van der Waals surface area contributed by atoms with Crippen LogP contribution in [-0.2, 0) is 6.54 Å². The molecular formula is C36H43N7O6. The lowest BCUT2D eigenvalue weighted by Gasteiger charge is -2.38. The number of para-hydroxylation sites is 3. The fraction of sp³-hybridized carbons (Fsp3) is 0.333. The second-order valence-corrected chi connectivity index (χ2v) is 12.5. The third-order valence-electron chi connectivity index (χ3n) is 8.58. The second kappa shape index (κ2) is 15.2. The summed E-state index contributed by atoms with van der Waals surface area (Å²) < 4.78 is 11.8. The van der Waals surface area contributed by atoms with E-state index in [2.05, 4.69) is 26.0 Å². The molecular weight excluding hydrogens is 626 g/mol. The largest absolute Gasteiger partial charge is 0.486 e.